The molecular weight excluding hydrogens is 766 g/mol. The first-order chi connectivity index (χ1) is 25.2. The molecule has 0 aliphatic heterocycles. The van der Waals surface area contributed by atoms with Crippen LogP contribution in [0.25, 0.3) is 10.8 Å². The van der Waals surface area contributed by atoms with Gasteiger partial charge in [-0.15, -0.1) is 25.6 Å². The van der Waals surface area contributed by atoms with Crippen LogP contribution < -0.4 is 0 Å². The van der Waals surface area contributed by atoms with Crippen molar-refractivity contribution in [3.05, 3.63) is 103 Å². The fourth-order valence-corrected chi connectivity index (χ4v) is 5.52. The number of hydrogen-bond acceptors (Lipinski definition) is 21. The van der Waals surface area contributed by atoms with Crippen LogP contribution in [0.15, 0.2) is 113 Å². The Morgan fingerprint density at radius 3 is 1.46 bits per heavy atom. The first-order valence-corrected chi connectivity index (χ1v) is 16.8. The lowest BCUT2D eigenvalue weighted by Gasteiger charge is -2.14. The van der Waals surface area contributed by atoms with Crippen LogP contribution in [0.2, 0.25) is 0 Å². The van der Waals surface area contributed by atoms with Gasteiger partial charge in [-0.05, 0) is 41.8 Å². The van der Waals surface area contributed by atoms with Crippen molar-refractivity contribution >= 4 is 82.2 Å². The lowest BCUT2D eigenvalue weighted by Crippen LogP contribution is -2.00. The second-order valence-electron chi connectivity index (χ2n) is 10.4. The van der Waals surface area contributed by atoms with E-state index < -0.39 is 113 Å². The van der Waals surface area contributed by atoms with Crippen molar-refractivity contribution in [1.29, 1.82) is 0 Å². The van der Waals surface area contributed by atoms with Gasteiger partial charge in [-0.25, -0.2) is 16.8 Å². The van der Waals surface area contributed by atoms with Crippen molar-refractivity contribution in [3.63, 3.8) is 0 Å². The van der Waals surface area contributed by atoms with Crippen LogP contribution in [0.5, 0.6) is 17.2 Å². The third-order valence-electron chi connectivity index (χ3n) is 6.91. The SMILES string of the molecule is O=[N+]([O-])c1ccc(N=Nc2c(O)c(N=Nc3cc([N+](=O)[O-])cc([N+](=O)[O-])c3)cc(N=Nc3cc(S(=O)(=O)[O-])cc4cc(S(=O)(=O)[O-])cc(O)c34)c2O)cc1. The van der Waals surface area contributed by atoms with Gasteiger partial charge in [0.2, 0.25) is 0 Å². The van der Waals surface area contributed by atoms with E-state index in [0.29, 0.717) is 30.3 Å². The molecule has 5 rings (SSSR count). The van der Waals surface area contributed by atoms with Gasteiger partial charge in [0.15, 0.2) is 17.2 Å². The van der Waals surface area contributed by atoms with E-state index in [9.17, 15) is 71.6 Å². The Morgan fingerprint density at radius 2 is 0.963 bits per heavy atom. The van der Waals surface area contributed by atoms with Gasteiger partial charge in [0.05, 0.1) is 53.1 Å². The molecule has 0 saturated carbocycles. The van der Waals surface area contributed by atoms with Crippen LogP contribution in [-0.2, 0) is 20.2 Å². The second-order valence-corrected chi connectivity index (χ2v) is 13.2. The Bertz CT molecular complexity index is 2700. The molecule has 5 aromatic rings. The predicted molar refractivity (Wildman–Crippen MR) is 177 cm³/mol. The van der Waals surface area contributed by atoms with Crippen molar-refractivity contribution in [2.45, 2.75) is 9.79 Å². The van der Waals surface area contributed by atoms with Gasteiger partial charge in [0.1, 0.15) is 37.4 Å². The Hall–Kier alpha value is -7.42. The van der Waals surface area contributed by atoms with Gasteiger partial charge >= 0.3 is 0 Å². The summed E-state index contributed by atoms with van der Waals surface area (Å²) in [5.41, 5.74) is -5.12. The number of nitro groups is 3. The fourth-order valence-electron chi connectivity index (χ4n) is 4.47. The Morgan fingerprint density at radius 1 is 0.500 bits per heavy atom. The van der Waals surface area contributed by atoms with E-state index in [1.165, 1.54) is 0 Å². The first kappa shape index (κ1) is 37.8. The minimum absolute atomic E-state index is 0.0458. The topological polar surface area (TPSA) is 379 Å². The molecule has 0 fully saturated rings. The zero-order chi connectivity index (χ0) is 39.7. The number of phenolic OH excluding ortho intramolecular Hbond substituents is 3. The standard InChI is InChI=1S/C28H17N9O15S2/c38-24-11-20(54(50,51)52)6-13-5-19(53(47,48)49)10-21(25(13)24)31-33-23-12-22(32-30-15-7-17(36(43)44)9-18(8-15)37(45)46)27(39)26(28(23)40)34-29-14-1-3-16(4-2-14)35(41)42/h1-12,38-40H,(H,47,48,49)(H,50,51,52)/p-2. The second kappa shape index (κ2) is 14.3. The van der Waals surface area contributed by atoms with Crippen LogP contribution in [0, 0.1) is 30.3 Å². The van der Waals surface area contributed by atoms with Crippen LogP contribution in [0.4, 0.5) is 51.2 Å². The molecule has 26 heteroatoms. The third kappa shape index (κ3) is 8.21. The molecule has 3 N–H and O–H groups in total. The van der Waals surface area contributed by atoms with Gasteiger partial charge in [-0.3, -0.25) is 30.3 Å². The summed E-state index contributed by atoms with van der Waals surface area (Å²) in [5.74, 6) is -2.94. The number of benzene rings is 5. The van der Waals surface area contributed by atoms with Gasteiger partial charge < -0.3 is 24.4 Å². The summed E-state index contributed by atoms with van der Waals surface area (Å²) < 4.78 is 70.5. The molecule has 0 saturated heterocycles. The Balaban J connectivity index is 1.71. The number of aromatic hydroxyl groups is 3. The highest BCUT2D eigenvalue weighted by molar-refractivity contribution is 7.86. The third-order valence-corrected chi connectivity index (χ3v) is 8.54. The molecule has 0 aliphatic carbocycles. The van der Waals surface area contributed by atoms with Crippen molar-refractivity contribution in [1.82, 2.24) is 0 Å². The lowest BCUT2D eigenvalue weighted by molar-refractivity contribution is -0.394. The number of nitrogens with zero attached hydrogens (tertiary/aromatic N) is 9. The highest BCUT2D eigenvalue weighted by Crippen LogP contribution is 2.51. The van der Waals surface area contributed by atoms with Crippen molar-refractivity contribution < 1.29 is 56.0 Å². The van der Waals surface area contributed by atoms with E-state index in [1.54, 1.807) is 0 Å². The molecule has 0 bridgehead atoms. The monoisotopic (exact) mass is 781 g/mol. The minimum Gasteiger partial charge on any atom is -0.744 e. The average Bonchev–Trinajstić information content (AvgIpc) is 3.09. The van der Waals surface area contributed by atoms with Crippen LogP contribution in [-0.4, -0.2) is 56.0 Å². The number of rotatable bonds is 11. The predicted octanol–water partition coefficient (Wildman–Crippen LogP) is 6.74. The number of phenols is 3. The van der Waals surface area contributed by atoms with Gasteiger partial charge in [0.25, 0.3) is 17.1 Å². The number of azo groups is 3. The number of non-ortho nitro benzene ring substituents is 3. The molecule has 276 valence electrons. The fraction of sp³-hybridized carbons (Fsp3) is 0. The van der Waals surface area contributed by atoms with E-state index in [0.717, 1.165) is 42.5 Å². The largest absolute Gasteiger partial charge is 0.744 e. The summed E-state index contributed by atoms with van der Waals surface area (Å²) in [6.45, 7) is 0. The number of fused-ring (bicyclic) bond motifs is 1. The summed E-state index contributed by atoms with van der Waals surface area (Å²) in [6.07, 6.45) is 0. The van der Waals surface area contributed by atoms with E-state index in [1.807, 2.05) is 0 Å². The van der Waals surface area contributed by atoms with E-state index in [4.69, 9.17) is 0 Å². The van der Waals surface area contributed by atoms with E-state index >= 15 is 0 Å². The molecular formula is C28H15N9O15S2-2. The summed E-state index contributed by atoms with van der Waals surface area (Å²) in [5, 5.41) is 87.7. The molecule has 5 aromatic carbocycles. The average molecular weight is 782 g/mol. The molecule has 54 heavy (non-hydrogen) atoms. The molecule has 0 spiro atoms. The van der Waals surface area contributed by atoms with E-state index in [-0.39, 0.29) is 11.4 Å². The highest BCUT2D eigenvalue weighted by Gasteiger charge is 2.21. The maximum absolute atomic E-state index is 11.9. The minimum atomic E-state index is -5.30. The Labute approximate surface area is 298 Å². The van der Waals surface area contributed by atoms with Gasteiger partial charge in [-0.1, -0.05) is 0 Å². The van der Waals surface area contributed by atoms with Crippen LogP contribution in [0.1, 0.15) is 0 Å². The van der Waals surface area contributed by atoms with E-state index in [2.05, 4.69) is 30.7 Å². The summed E-state index contributed by atoms with van der Waals surface area (Å²) in [7, 11) is -10.5. The van der Waals surface area contributed by atoms with Crippen molar-refractivity contribution in [3.8, 4) is 17.2 Å². The molecule has 0 aliphatic rings. The lowest BCUT2D eigenvalue weighted by atomic mass is 10.1. The maximum atomic E-state index is 11.9. The zero-order valence-corrected chi connectivity index (χ0v) is 27.6. The van der Waals surface area contributed by atoms with Crippen LogP contribution in [0.3, 0.4) is 0 Å². The normalized spacial score (nSPS) is 12.3. The van der Waals surface area contributed by atoms with Crippen molar-refractivity contribution in [2.75, 3.05) is 0 Å². The van der Waals surface area contributed by atoms with Gasteiger partial charge in [0, 0.05) is 30.3 Å². The van der Waals surface area contributed by atoms with Crippen LogP contribution >= 0.6 is 0 Å². The quantitative estimate of drug-likeness (QED) is 0.0540. The maximum Gasteiger partial charge on any atom is 0.278 e. The summed E-state index contributed by atoms with van der Waals surface area (Å²) in [6, 6.07) is 9.83. The zero-order valence-electron chi connectivity index (χ0n) is 26.0. The molecule has 0 atom stereocenters. The summed E-state index contributed by atoms with van der Waals surface area (Å²) in [4.78, 5) is 29.0. The Kier molecular flexibility index (Phi) is 10.0. The molecule has 0 heterocycles. The first-order valence-electron chi connectivity index (χ1n) is 14.0. The van der Waals surface area contributed by atoms with Crippen molar-refractivity contribution in [2.24, 2.45) is 30.7 Å². The summed E-state index contributed by atoms with van der Waals surface area (Å²) >= 11 is 0. The molecule has 0 radical (unpaired) electrons. The smallest absolute Gasteiger partial charge is 0.278 e. The molecule has 0 aromatic heterocycles. The number of hydrogen-bond donors (Lipinski definition) is 3. The highest BCUT2D eigenvalue weighted by atomic mass is 32.2. The van der Waals surface area contributed by atoms with Gasteiger partial charge in [-0.2, -0.15) is 5.11 Å². The molecule has 24 nitrogen and oxygen atoms in total. The molecule has 0 unspecified atom stereocenters. The molecule has 0 amide bonds. The number of nitro benzene ring substituents is 3.